The number of unbranched alkanes of at least 4 members (excludes halogenated alkanes) is 2. The zero-order chi connectivity index (χ0) is 23.0. The molecule has 0 saturated carbocycles. The van der Waals surface area contributed by atoms with Crippen LogP contribution in [0.4, 0.5) is 0 Å². The number of rotatable bonds is 11. The van der Waals surface area contributed by atoms with Crippen molar-refractivity contribution in [1.29, 1.82) is 0 Å². The summed E-state index contributed by atoms with van der Waals surface area (Å²) in [5.41, 5.74) is 4.56. The predicted molar refractivity (Wildman–Crippen MR) is 130 cm³/mol. The molecule has 2 heterocycles. The lowest BCUT2D eigenvalue weighted by Gasteiger charge is -2.13. The highest BCUT2D eigenvalue weighted by Gasteiger charge is 2.11. The van der Waals surface area contributed by atoms with E-state index in [0.717, 1.165) is 60.4 Å². The second-order valence-electron chi connectivity index (χ2n) is 8.33. The molecule has 0 radical (unpaired) electrons. The molecule has 172 valence electrons. The molecule has 1 N–H and O–H groups in total. The molecule has 6 nitrogen and oxygen atoms in total. The molecule has 0 bridgehead atoms. The van der Waals surface area contributed by atoms with Crippen LogP contribution in [0.15, 0.2) is 65.3 Å². The van der Waals surface area contributed by atoms with Gasteiger partial charge in [0.15, 0.2) is 5.76 Å². The Balaban J connectivity index is 1.29. The van der Waals surface area contributed by atoms with Crippen LogP contribution in [0.1, 0.15) is 46.8 Å². The minimum atomic E-state index is -0.161. The third-order valence-electron chi connectivity index (χ3n) is 5.74. The Morgan fingerprint density at radius 3 is 2.76 bits per heavy atom. The Kier molecular flexibility index (Phi) is 7.45. The Morgan fingerprint density at radius 2 is 1.94 bits per heavy atom. The molecule has 2 aromatic heterocycles. The monoisotopic (exact) mass is 445 g/mol. The van der Waals surface area contributed by atoms with Crippen LogP contribution in [-0.2, 0) is 13.0 Å². The van der Waals surface area contributed by atoms with Gasteiger partial charge in [0, 0.05) is 13.0 Å². The first-order valence-corrected chi connectivity index (χ1v) is 11.6. The van der Waals surface area contributed by atoms with E-state index in [1.54, 1.807) is 12.1 Å². The van der Waals surface area contributed by atoms with Gasteiger partial charge in [0.05, 0.1) is 23.8 Å². The van der Waals surface area contributed by atoms with E-state index in [0.29, 0.717) is 18.9 Å². The zero-order valence-electron chi connectivity index (χ0n) is 19.3. The van der Waals surface area contributed by atoms with Crippen LogP contribution < -0.4 is 10.1 Å². The summed E-state index contributed by atoms with van der Waals surface area (Å²) in [6.07, 6.45) is 5.35. The number of aryl methyl sites for hydroxylation is 3. The van der Waals surface area contributed by atoms with Gasteiger partial charge in [-0.2, -0.15) is 0 Å². The summed E-state index contributed by atoms with van der Waals surface area (Å²) in [6, 6.07) is 17.9. The lowest BCUT2D eigenvalue weighted by molar-refractivity contribution is 0.0925. The van der Waals surface area contributed by atoms with E-state index < -0.39 is 0 Å². The number of imidazole rings is 1. The number of benzene rings is 2. The SMILES string of the molecule is Cc1ccc(OCCn2c(CCCCCNC(=O)c3ccco3)nc3ccccc32)c(C)c1. The Morgan fingerprint density at radius 1 is 1.06 bits per heavy atom. The number of amides is 1. The van der Waals surface area contributed by atoms with Crippen molar-refractivity contribution in [2.75, 3.05) is 13.2 Å². The van der Waals surface area contributed by atoms with Gasteiger partial charge in [0.1, 0.15) is 18.2 Å². The second kappa shape index (κ2) is 10.9. The van der Waals surface area contributed by atoms with Crippen LogP contribution in [0.2, 0.25) is 0 Å². The molecule has 0 unspecified atom stereocenters. The fourth-order valence-corrected chi connectivity index (χ4v) is 4.06. The molecule has 0 atom stereocenters. The number of nitrogens with one attached hydrogen (secondary N) is 1. The van der Waals surface area contributed by atoms with Crippen LogP contribution in [-0.4, -0.2) is 28.6 Å². The minimum Gasteiger partial charge on any atom is -0.491 e. The van der Waals surface area contributed by atoms with Gasteiger partial charge in [0.2, 0.25) is 0 Å². The van der Waals surface area contributed by atoms with Crippen LogP contribution in [0, 0.1) is 13.8 Å². The average Bonchev–Trinajstić information content (AvgIpc) is 3.46. The molecular weight excluding hydrogens is 414 g/mol. The Labute approximate surface area is 194 Å². The fourth-order valence-electron chi connectivity index (χ4n) is 4.06. The van der Waals surface area contributed by atoms with E-state index in [1.807, 2.05) is 12.1 Å². The first-order valence-electron chi connectivity index (χ1n) is 11.6. The smallest absolute Gasteiger partial charge is 0.286 e. The topological polar surface area (TPSA) is 69.3 Å². The number of nitrogens with zero attached hydrogens (tertiary/aromatic N) is 2. The summed E-state index contributed by atoms with van der Waals surface area (Å²) in [7, 11) is 0. The van der Waals surface area contributed by atoms with E-state index >= 15 is 0 Å². The van der Waals surface area contributed by atoms with E-state index in [1.165, 1.54) is 11.8 Å². The molecule has 1 amide bonds. The normalized spacial score (nSPS) is 11.1. The van der Waals surface area contributed by atoms with Gasteiger partial charge in [0.25, 0.3) is 5.91 Å². The number of hydrogen-bond acceptors (Lipinski definition) is 4. The molecule has 33 heavy (non-hydrogen) atoms. The van der Waals surface area contributed by atoms with Gasteiger partial charge in [-0.3, -0.25) is 4.79 Å². The van der Waals surface area contributed by atoms with Crippen LogP contribution in [0.3, 0.4) is 0 Å². The average molecular weight is 446 g/mol. The molecule has 0 fully saturated rings. The maximum atomic E-state index is 11.9. The van der Waals surface area contributed by atoms with Crippen molar-refractivity contribution in [2.45, 2.75) is 46.1 Å². The van der Waals surface area contributed by atoms with Gasteiger partial charge in [-0.1, -0.05) is 36.2 Å². The molecule has 0 aliphatic rings. The Bertz CT molecular complexity index is 1190. The highest BCUT2D eigenvalue weighted by molar-refractivity contribution is 5.91. The summed E-state index contributed by atoms with van der Waals surface area (Å²) < 4.78 is 13.5. The Hall–Kier alpha value is -3.54. The van der Waals surface area contributed by atoms with Crippen molar-refractivity contribution in [3.63, 3.8) is 0 Å². The number of aromatic nitrogens is 2. The standard InChI is InChI=1S/C27H31N3O3/c1-20-13-14-24(21(2)19-20)33-18-16-30-23-10-6-5-9-22(23)29-26(30)12-4-3-7-15-28-27(31)25-11-8-17-32-25/h5-6,8-11,13-14,17,19H,3-4,7,12,15-16,18H2,1-2H3,(H,28,31). The summed E-state index contributed by atoms with van der Waals surface area (Å²) in [6.45, 7) is 6.16. The number of furan rings is 1. The van der Waals surface area contributed by atoms with Crippen molar-refractivity contribution in [2.24, 2.45) is 0 Å². The second-order valence-corrected chi connectivity index (χ2v) is 8.33. The number of fused-ring (bicyclic) bond motifs is 1. The first kappa shape index (κ1) is 22.6. The number of carbonyl (C=O) groups excluding carboxylic acids is 1. The molecule has 6 heteroatoms. The number of ether oxygens (including phenoxy) is 1. The third-order valence-corrected chi connectivity index (χ3v) is 5.74. The lowest BCUT2D eigenvalue weighted by atomic mass is 10.1. The predicted octanol–water partition coefficient (Wildman–Crippen LogP) is 5.47. The van der Waals surface area contributed by atoms with Gasteiger partial charge in [-0.15, -0.1) is 0 Å². The first-order chi connectivity index (χ1) is 16.1. The number of para-hydroxylation sites is 2. The quantitative estimate of drug-likeness (QED) is 0.311. The molecule has 0 aliphatic carbocycles. The third kappa shape index (κ3) is 5.83. The van der Waals surface area contributed by atoms with Gasteiger partial charge < -0.3 is 19.0 Å². The van der Waals surface area contributed by atoms with E-state index in [-0.39, 0.29) is 5.91 Å². The molecule has 2 aromatic carbocycles. The molecule has 0 saturated heterocycles. The molecule has 0 spiro atoms. The van der Waals surface area contributed by atoms with Gasteiger partial charge in [-0.05, 0) is 62.6 Å². The molecule has 4 rings (SSSR count). The van der Waals surface area contributed by atoms with Crippen molar-refractivity contribution < 1.29 is 13.9 Å². The maximum absolute atomic E-state index is 11.9. The van der Waals surface area contributed by atoms with E-state index in [4.69, 9.17) is 14.1 Å². The van der Waals surface area contributed by atoms with E-state index in [2.05, 4.69) is 54.1 Å². The van der Waals surface area contributed by atoms with Gasteiger partial charge in [-0.25, -0.2) is 4.98 Å². The van der Waals surface area contributed by atoms with Crippen LogP contribution in [0.5, 0.6) is 5.75 Å². The fraction of sp³-hybridized carbons (Fsp3) is 0.333. The van der Waals surface area contributed by atoms with Gasteiger partial charge >= 0.3 is 0 Å². The lowest BCUT2D eigenvalue weighted by Crippen LogP contribution is -2.23. The highest BCUT2D eigenvalue weighted by atomic mass is 16.5. The molecule has 4 aromatic rings. The summed E-state index contributed by atoms with van der Waals surface area (Å²) in [5, 5.41) is 2.90. The van der Waals surface area contributed by atoms with Crippen molar-refractivity contribution in [3.8, 4) is 5.75 Å². The van der Waals surface area contributed by atoms with Crippen molar-refractivity contribution in [3.05, 3.63) is 83.6 Å². The number of hydrogen-bond donors (Lipinski definition) is 1. The zero-order valence-corrected chi connectivity index (χ0v) is 19.3. The highest BCUT2D eigenvalue weighted by Crippen LogP contribution is 2.21. The minimum absolute atomic E-state index is 0.161. The largest absolute Gasteiger partial charge is 0.491 e. The summed E-state index contributed by atoms with van der Waals surface area (Å²) >= 11 is 0. The molecule has 0 aliphatic heterocycles. The van der Waals surface area contributed by atoms with Crippen molar-refractivity contribution >= 4 is 16.9 Å². The van der Waals surface area contributed by atoms with Crippen molar-refractivity contribution in [1.82, 2.24) is 14.9 Å². The summed E-state index contributed by atoms with van der Waals surface area (Å²) in [4.78, 5) is 16.8. The maximum Gasteiger partial charge on any atom is 0.286 e. The molecular formula is C27H31N3O3. The summed E-state index contributed by atoms with van der Waals surface area (Å²) in [5.74, 6) is 2.21. The van der Waals surface area contributed by atoms with E-state index in [9.17, 15) is 4.79 Å². The van der Waals surface area contributed by atoms with Crippen LogP contribution >= 0.6 is 0 Å². The number of carbonyl (C=O) groups is 1. The van der Waals surface area contributed by atoms with Crippen LogP contribution in [0.25, 0.3) is 11.0 Å².